The number of benzene rings is 2. The van der Waals surface area contributed by atoms with Crippen molar-refractivity contribution in [3.05, 3.63) is 65.2 Å². The van der Waals surface area contributed by atoms with Gasteiger partial charge in [0.05, 0.1) is 5.69 Å². The van der Waals surface area contributed by atoms with Gasteiger partial charge in [0.2, 0.25) is 11.8 Å². The van der Waals surface area contributed by atoms with Crippen molar-refractivity contribution in [2.45, 2.75) is 26.4 Å². The van der Waals surface area contributed by atoms with Gasteiger partial charge in [-0.25, -0.2) is 4.31 Å². The molecule has 0 aliphatic rings. The van der Waals surface area contributed by atoms with Crippen LogP contribution < -0.4 is 9.62 Å². The summed E-state index contributed by atoms with van der Waals surface area (Å²) in [5.41, 5.74) is 0.998. The summed E-state index contributed by atoms with van der Waals surface area (Å²) in [6.45, 7) is 3.38. The quantitative estimate of drug-likeness (QED) is 0.565. The minimum atomic E-state index is -3.97. The maximum absolute atomic E-state index is 13.4. The van der Waals surface area contributed by atoms with E-state index in [1.807, 2.05) is 0 Å². The fourth-order valence-corrected chi connectivity index (χ4v) is 4.28. The first-order chi connectivity index (χ1) is 15.1. The molecular formula is C22H29ClN4O4S. The summed E-state index contributed by atoms with van der Waals surface area (Å²) in [4.78, 5) is 27.3. The second-order valence-electron chi connectivity index (χ2n) is 7.32. The summed E-state index contributed by atoms with van der Waals surface area (Å²) in [5, 5.41) is 3.16. The molecule has 2 amide bonds. The first-order valence-corrected chi connectivity index (χ1v) is 11.9. The van der Waals surface area contributed by atoms with Gasteiger partial charge in [-0.1, -0.05) is 48.0 Å². The Balaban J connectivity index is 2.43. The van der Waals surface area contributed by atoms with Gasteiger partial charge >= 0.3 is 10.2 Å². The molecule has 1 atom stereocenters. The maximum atomic E-state index is 13.4. The standard InChI is InChI=1S/C22H29ClN4O4S/c1-5-24-22(29)17(2)26(15-18-11-9-10-14-20(18)23)21(28)16-27(32(30,31)25(3)4)19-12-7-6-8-13-19/h6-14,17H,5,15-16H2,1-4H3,(H,24,29). The number of halogens is 1. The largest absolute Gasteiger partial charge is 0.355 e. The third-order valence-corrected chi connectivity index (χ3v) is 7.07. The summed E-state index contributed by atoms with van der Waals surface area (Å²) in [7, 11) is -1.17. The topological polar surface area (TPSA) is 90.0 Å². The molecule has 0 spiro atoms. The molecule has 10 heteroatoms. The lowest BCUT2D eigenvalue weighted by Crippen LogP contribution is -2.52. The SMILES string of the molecule is CCNC(=O)C(C)N(Cc1ccccc1Cl)C(=O)CN(c1ccccc1)S(=O)(=O)N(C)C. The molecule has 2 aromatic carbocycles. The Bertz CT molecular complexity index is 1030. The van der Waals surface area contributed by atoms with Crippen molar-refractivity contribution >= 4 is 39.3 Å². The van der Waals surface area contributed by atoms with Gasteiger partial charge in [-0.3, -0.25) is 9.59 Å². The summed E-state index contributed by atoms with van der Waals surface area (Å²) in [5.74, 6) is -0.868. The molecule has 0 heterocycles. The predicted octanol–water partition coefficient (Wildman–Crippen LogP) is 2.51. The first-order valence-electron chi connectivity index (χ1n) is 10.1. The fraction of sp³-hybridized carbons (Fsp3) is 0.364. The maximum Gasteiger partial charge on any atom is 0.304 e. The molecule has 32 heavy (non-hydrogen) atoms. The molecule has 0 saturated heterocycles. The van der Waals surface area contributed by atoms with Crippen molar-refractivity contribution in [1.29, 1.82) is 0 Å². The summed E-state index contributed by atoms with van der Waals surface area (Å²) in [6, 6.07) is 14.5. The van der Waals surface area contributed by atoms with Gasteiger partial charge in [0, 0.05) is 32.2 Å². The normalized spacial score (nSPS) is 12.3. The Morgan fingerprint density at radius 3 is 2.19 bits per heavy atom. The molecule has 174 valence electrons. The molecule has 1 N–H and O–H groups in total. The number of para-hydroxylation sites is 1. The minimum Gasteiger partial charge on any atom is -0.355 e. The number of likely N-dealkylation sites (N-methyl/N-ethyl adjacent to an activating group) is 1. The van der Waals surface area contributed by atoms with E-state index in [2.05, 4.69) is 5.32 Å². The molecule has 0 aliphatic carbocycles. The van der Waals surface area contributed by atoms with Crippen LogP contribution in [0.1, 0.15) is 19.4 Å². The molecular weight excluding hydrogens is 452 g/mol. The van der Waals surface area contributed by atoms with Gasteiger partial charge in [0.1, 0.15) is 12.6 Å². The number of hydrogen-bond donors (Lipinski definition) is 1. The molecule has 0 aliphatic heterocycles. The number of carbonyl (C=O) groups is 2. The van der Waals surface area contributed by atoms with Crippen LogP contribution in [-0.2, 0) is 26.3 Å². The van der Waals surface area contributed by atoms with E-state index in [0.717, 1.165) is 8.61 Å². The molecule has 0 fully saturated rings. The van der Waals surface area contributed by atoms with Crippen molar-refractivity contribution < 1.29 is 18.0 Å². The van der Waals surface area contributed by atoms with E-state index in [0.29, 0.717) is 22.8 Å². The number of anilines is 1. The number of nitrogens with one attached hydrogen (secondary N) is 1. The summed E-state index contributed by atoms with van der Waals surface area (Å²) in [6.07, 6.45) is 0. The van der Waals surface area contributed by atoms with Gasteiger partial charge in [-0.15, -0.1) is 0 Å². The molecule has 0 aromatic heterocycles. The van der Waals surface area contributed by atoms with Crippen LogP contribution in [0.15, 0.2) is 54.6 Å². The lowest BCUT2D eigenvalue weighted by Gasteiger charge is -2.33. The smallest absolute Gasteiger partial charge is 0.304 e. The van der Waals surface area contributed by atoms with Gasteiger partial charge in [0.25, 0.3) is 0 Å². The van der Waals surface area contributed by atoms with Crippen LogP contribution in [0.2, 0.25) is 5.02 Å². The number of amides is 2. The molecule has 1 unspecified atom stereocenters. The number of hydrogen-bond acceptors (Lipinski definition) is 4. The van der Waals surface area contributed by atoms with E-state index in [1.54, 1.807) is 68.4 Å². The Morgan fingerprint density at radius 2 is 1.62 bits per heavy atom. The van der Waals surface area contributed by atoms with Crippen molar-refractivity contribution in [3.8, 4) is 0 Å². The zero-order chi connectivity index (χ0) is 23.9. The molecule has 2 rings (SSSR count). The van der Waals surface area contributed by atoms with E-state index in [-0.39, 0.29) is 12.5 Å². The van der Waals surface area contributed by atoms with Crippen molar-refractivity contribution in [2.24, 2.45) is 0 Å². The molecule has 0 radical (unpaired) electrons. The van der Waals surface area contributed by atoms with Gasteiger partial charge in [-0.05, 0) is 37.6 Å². The van der Waals surface area contributed by atoms with Crippen LogP contribution in [-0.4, -0.2) is 62.7 Å². The van der Waals surface area contributed by atoms with Crippen LogP contribution in [0.5, 0.6) is 0 Å². The van der Waals surface area contributed by atoms with Crippen LogP contribution in [0.25, 0.3) is 0 Å². The number of nitrogens with zero attached hydrogens (tertiary/aromatic N) is 3. The lowest BCUT2D eigenvalue weighted by molar-refractivity contribution is -0.139. The van der Waals surface area contributed by atoms with E-state index in [1.165, 1.54) is 19.0 Å². The number of carbonyl (C=O) groups excluding carboxylic acids is 2. The highest BCUT2D eigenvalue weighted by Crippen LogP contribution is 2.22. The van der Waals surface area contributed by atoms with Crippen molar-refractivity contribution in [1.82, 2.24) is 14.5 Å². The highest BCUT2D eigenvalue weighted by Gasteiger charge is 2.32. The monoisotopic (exact) mass is 480 g/mol. The highest BCUT2D eigenvalue weighted by molar-refractivity contribution is 7.90. The fourth-order valence-electron chi connectivity index (χ4n) is 3.03. The molecule has 8 nitrogen and oxygen atoms in total. The van der Waals surface area contributed by atoms with E-state index >= 15 is 0 Å². The third kappa shape index (κ3) is 6.21. The van der Waals surface area contributed by atoms with Crippen LogP contribution in [0.4, 0.5) is 5.69 Å². The second kappa shape index (κ2) is 11.3. The highest BCUT2D eigenvalue weighted by atomic mass is 35.5. The number of rotatable bonds is 10. The Labute approximate surface area is 194 Å². The summed E-state index contributed by atoms with van der Waals surface area (Å²) < 4.78 is 28.0. The Kier molecular flexibility index (Phi) is 9.06. The lowest BCUT2D eigenvalue weighted by atomic mass is 10.1. The van der Waals surface area contributed by atoms with Crippen LogP contribution in [0.3, 0.4) is 0 Å². The Morgan fingerprint density at radius 1 is 1.03 bits per heavy atom. The second-order valence-corrected chi connectivity index (χ2v) is 9.79. The van der Waals surface area contributed by atoms with Gasteiger partial charge < -0.3 is 10.2 Å². The zero-order valence-corrected chi connectivity index (χ0v) is 20.2. The van der Waals surface area contributed by atoms with E-state index < -0.39 is 28.7 Å². The minimum absolute atomic E-state index is 0.0570. The van der Waals surface area contributed by atoms with Crippen molar-refractivity contribution in [3.63, 3.8) is 0 Å². The average molecular weight is 481 g/mol. The van der Waals surface area contributed by atoms with E-state index in [4.69, 9.17) is 11.6 Å². The van der Waals surface area contributed by atoms with Gasteiger partial charge in [0.15, 0.2) is 0 Å². The molecule has 0 saturated carbocycles. The molecule has 0 bridgehead atoms. The average Bonchev–Trinajstić information content (AvgIpc) is 2.76. The van der Waals surface area contributed by atoms with E-state index in [9.17, 15) is 18.0 Å². The molecule has 2 aromatic rings. The predicted molar refractivity (Wildman–Crippen MR) is 127 cm³/mol. The first kappa shape index (κ1) is 25.6. The third-order valence-electron chi connectivity index (χ3n) is 4.88. The zero-order valence-electron chi connectivity index (χ0n) is 18.7. The Hall–Kier alpha value is -2.62. The van der Waals surface area contributed by atoms with Gasteiger partial charge in [-0.2, -0.15) is 12.7 Å². The van der Waals surface area contributed by atoms with Crippen LogP contribution >= 0.6 is 11.6 Å². The van der Waals surface area contributed by atoms with Crippen molar-refractivity contribution in [2.75, 3.05) is 31.5 Å². The summed E-state index contributed by atoms with van der Waals surface area (Å²) >= 11 is 6.28. The van der Waals surface area contributed by atoms with Crippen LogP contribution in [0, 0.1) is 0 Å².